The van der Waals surface area contributed by atoms with Crippen molar-refractivity contribution in [2.45, 2.75) is 76.3 Å². The zero-order chi connectivity index (χ0) is 29.8. The first-order valence-electron chi connectivity index (χ1n) is 15.4. The van der Waals surface area contributed by atoms with Gasteiger partial charge in [0.1, 0.15) is 0 Å². The third-order valence-corrected chi connectivity index (χ3v) is 28.3. The number of allylic oxidation sites excluding steroid dienone is 4. The smallest absolute Gasteiger partial charge is 1.00 e. The summed E-state index contributed by atoms with van der Waals surface area (Å²) in [6, 6.07) is 31.8. The first-order chi connectivity index (χ1) is 19.9. The number of hydrogen-bond donors (Lipinski definition) is 0. The van der Waals surface area contributed by atoms with Crippen LogP contribution in [0, 0.1) is 13.8 Å². The molecule has 0 saturated carbocycles. The van der Waals surface area contributed by atoms with Crippen molar-refractivity contribution in [3.63, 3.8) is 0 Å². The molecule has 4 aromatic carbocycles. The number of rotatable bonds is 4. The standard InChI is InChI=1S/C21H25.C14H14Si.C5H5.2ClH.Zr/c1-20(2,3)16-9-7-14-11-15-8-10-17(21(4,5)6)13-19(15)18(14)12-16;1-11-3-7-13(8-4-11)15-14-9-5-12(2)6-10-14;1-2-4-5-3-1;;;/h7,9-10,12-13H,11H2,1-6H3;3-10H,1-2H3;1-5H;2*1H;/q;;;;;+2/p-2. The van der Waals surface area contributed by atoms with Gasteiger partial charge in [0.2, 0.25) is 0 Å². The summed E-state index contributed by atoms with van der Waals surface area (Å²) in [7, 11) is 0. The Hall–Kier alpha value is -1.96. The van der Waals surface area contributed by atoms with Gasteiger partial charge in [-0.25, -0.2) is 0 Å². The molecule has 4 heteroatoms. The van der Waals surface area contributed by atoms with Crippen LogP contribution in [0.2, 0.25) is 3.63 Å². The van der Waals surface area contributed by atoms with Gasteiger partial charge < -0.3 is 24.8 Å². The average molecular weight is 715 g/mol. The zero-order valence-electron chi connectivity index (χ0n) is 27.4. The van der Waals surface area contributed by atoms with E-state index in [2.05, 4.69) is 159 Å². The van der Waals surface area contributed by atoms with E-state index < -0.39 is 25.8 Å². The molecule has 0 atom stereocenters. The van der Waals surface area contributed by atoms with Gasteiger partial charge >= 0.3 is 263 Å². The summed E-state index contributed by atoms with van der Waals surface area (Å²) in [6.45, 7) is 18.6. The maximum absolute atomic E-state index is 2.69. The van der Waals surface area contributed by atoms with Crippen LogP contribution in [0.25, 0.3) is 11.1 Å². The van der Waals surface area contributed by atoms with Crippen LogP contribution in [0.15, 0.2) is 103 Å². The molecule has 0 nitrogen and oxygen atoms in total. The molecule has 0 N–H and O–H groups in total. The van der Waals surface area contributed by atoms with Crippen molar-refractivity contribution in [2.24, 2.45) is 0 Å². The second-order valence-electron chi connectivity index (χ2n) is 14.4. The molecule has 0 amide bonds. The van der Waals surface area contributed by atoms with E-state index in [1.54, 1.807) is 19.2 Å². The van der Waals surface area contributed by atoms with Gasteiger partial charge in [0, 0.05) is 0 Å². The Kier molecular flexibility index (Phi) is 10.6. The summed E-state index contributed by atoms with van der Waals surface area (Å²) in [5.41, 5.74) is 10.9. The quantitative estimate of drug-likeness (QED) is 0.251. The predicted octanol–water partition coefficient (Wildman–Crippen LogP) is 2.44. The SMILES string of the molecule is Cc1ccc([Si](c2ccc(C)cc2)=[Zr+2]([c]2cc(C(C)(C)C)cc3c2Cc2ccc(C(C)(C)C)cc2-3)[CH]2C=CC=C2)cc1.[Cl-].[Cl-]. The molecule has 0 spiro atoms. The van der Waals surface area contributed by atoms with E-state index >= 15 is 0 Å². The molecule has 0 fully saturated rings. The molecule has 0 saturated heterocycles. The van der Waals surface area contributed by atoms with Crippen LogP contribution in [0.3, 0.4) is 0 Å². The van der Waals surface area contributed by atoms with Crippen LogP contribution in [0.5, 0.6) is 0 Å². The summed E-state index contributed by atoms with van der Waals surface area (Å²) < 4.78 is 2.32. The Morgan fingerprint density at radius 2 is 1.11 bits per heavy atom. The fraction of sp³-hybridized carbons (Fsp3) is 0.300. The Balaban J connectivity index is 0.00000221. The maximum Gasteiger partial charge on any atom is -1.00 e. The number of halogens is 2. The molecule has 0 bridgehead atoms. The molecule has 2 aliphatic carbocycles. The van der Waals surface area contributed by atoms with Gasteiger partial charge in [0.05, 0.1) is 0 Å². The molecule has 2 aliphatic rings. The fourth-order valence-electron chi connectivity index (χ4n) is 6.44. The van der Waals surface area contributed by atoms with E-state index in [4.69, 9.17) is 0 Å². The maximum atomic E-state index is 2.69. The van der Waals surface area contributed by atoms with E-state index in [-0.39, 0.29) is 35.6 Å². The Bertz CT molecular complexity index is 1700. The minimum Gasteiger partial charge on any atom is -1.00 e. The molecule has 0 radical (unpaired) electrons. The third-order valence-electron chi connectivity index (χ3n) is 9.07. The van der Waals surface area contributed by atoms with Crippen molar-refractivity contribution in [1.82, 2.24) is 0 Å². The number of fused-ring (bicyclic) bond motifs is 3. The number of benzene rings is 4. The van der Waals surface area contributed by atoms with Gasteiger partial charge in [-0.05, 0) is 0 Å². The van der Waals surface area contributed by atoms with E-state index in [0.29, 0.717) is 3.63 Å². The van der Waals surface area contributed by atoms with Gasteiger partial charge in [-0.15, -0.1) is 0 Å². The van der Waals surface area contributed by atoms with Gasteiger partial charge in [-0.2, -0.15) is 0 Å². The Labute approximate surface area is 286 Å². The van der Waals surface area contributed by atoms with Crippen molar-refractivity contribution < 1.29 is 45.2 Å². The minimum absolute atomic E-state index is 0. The van der Waals surface area contributed by atoms with Crippen molar-refractivity contribution in [1.29, 1.82) is 0 Å². The zero-order valence-corrected chi connectivity index (χ0v) is 32.3. The molecule has 4 aromatic rings. The fourth-order valence-corrected chi connectivity index (χ4v) is 27.4. The minimum atomic E-state index is -2.48. The van der Waals surface area contributed by atoms with Crippen LogP contribution < -0.4 is 38.5 Å². The van der Waals surface area contributed by atoms with Crippen molar-refractivity contribution >= 4 is 19.1 Å². The first kappa shape index (κ1) is 34.9. The molecular formula is C40H44Cl2SiZr. The van der Waals surface area contributed by atoms with E-state index in [1.165, 1.54) is 38.9 Å². The molecule has 226 valence electrons. The average Bonchev–Trinajstić information content (AvgIpc) is 3.60. The molecule has 0 aliphatic heterocycles. The van der Waals surface area contributed by atoms with Crippen LogP contribution in [-0.2, 0) is 37.6 Å². The second-order valence-corrected chi connectivity index (χ2v) is 28.2. The van der Waals surface area contributed by atoms with E-state index in [0.717, 1.165) is 6.42 Å². The normalized spacial score (nSPS) is 13.4. The van der Waals surface area contributed by atoms with Crippen LogP contribution >= 0.6 is 0 Å². The molecule has 44 heavy (non-hydrogen) atoms. The van der Waals surface area contributed by atoms with Gasteiger partial charge in [0.15, 0.2) is 0 Å². The Morgan fingerprint density at radius 3 is 1.61 bits per heavy atom. The Morgan fingerprint density at radius 1 is 0.614 bits per heavy atom. The van der Waals surface area contributed by atoms with E-state index in [9.17, 15) is 0 Å². The molecular weight excluding hydrogens is 671 g/mol. The van der Waals surface area contributed by atoms with Crippen LogP contribution in [0.4, 0.5) is 0 Å². The molecule has 0 unspecified atom stereocenters. The topological polar surface area (TPSA) is 0 Å². The third kappa shape index (κ3) is 6.90. The molecule has 0 aromatic heterocycles. The summed E-state index contributed by atoms with van der Waals surface area (Å²) >= 11 is -2.48. The second kappa shape index (κ2) is 13.4. The predicted molar refractivity (Wildman–Crippen MR) is 181 cm³/mol. The number of aryl methyl sites for hydroxylation is 2. The van der Waals surface area contributed by atoms with Gasteiger partial charge in [-0.1, -0.05) is 0 Å². The summed E-state index contributed by atoms with van der Waals surface area (Å²) in [6.07, 6.45) is 10.8. The van der Waals surface area contributed by atoms with Crippen molar-refractivity contribution in [3.05, 3.63) is 137 Å². The number of hydrogen-bond acceptors (Lipinski definition) is 0. The van der Waals surface area contributed by atoms with Crippen LogP contribution in [-0.4, -0.2) is 5.43 Å². The summed E-state index contributed by atoms with van der Waals surface area (Å²) in [5, 5.41) is 3.16. The van der Waals surface area contributed by atoms with Crippen LogP contribution in [0.1, 0.15) is 74.9 Å². The van der Waals surface area contributed by atoms with Crippen molar-refractivity contribution in [3.8, 4) is 11.1 Å². The largest absolute Gasteiger partial charge is 1.00 e. The monoisotopic (exact) mass is 712 g/mol. The summed E-state index contributed by atoms with van der Waals surface area (Å²) in [4.78, 5) is 0. The van der Waals surface area contributed by atoms with Crippen molar-refractivity contribution in [2.75, 3.05) is 0 Å². The first-order valence-corrected chi connectivity index (χ1v) is 23.3. The molecule has 6 rings (SSSR count). The van der Waals surface area contributed by atoms with E-state index in [1.807, 2.05) is 0 Å². The summed E-state index contributed by atoms with van der Waals surface area (Å²) in [5.74, 6) is 0. The van der Waals surface area contributed by atoms with Gasteiger partial charge in [-0.3, -0.25) is 0 Å². The van der Waals surface area contributed by atoms with Gasteiger partial charge in [0.25, 0.3) is 0 Å². The molecule has 0 heterocycles.